The smallest absolute Gasteiger partial charge is 0.203 e. The Balaban J connectivity index is 2.29. The number of ether oxygens (including phenoxy) is 1. The molecule has 0 aliphatic rings. The van der Waals surface area contributed by atoms with Gasteiger partial charge in [0.25, 0.3) is 0 Å². The van der Waals surface area contributed by atoms with Crippen LogP contribution in [0.2, 0.25) is 0 Å². The molecule has 0 bridgehead atoms. The Morgan fingerprint density at radius 1 is 1.14 bits per heavy atom. The van der Waals surface area contributed by atoms with E-state index < -0.39 is 0 Å². The fraction of sp³-hybridized carbons (Fsp3) is 0.0588. The van der Waals surface area contributed by atoms with Gasteiger partial charge in [-0.05, 0) is 48.0 Å². The summed E-state index contributed by atoms with van der Waals surface area (Å²) in [6.07, 6.45) is 1.49. The van der Waals surface area contributed by atoms with E-state index in [4.69, 9.17) is 10.00 Å². The maximum absolute atomic E-state index is 12.3. The molecule has 0 saturated carbocycles. The fourth-order valence-corrected chi connectivity index (χ4v) is 1.78. The lowest BCUT2D eigenvalue weighted by Gasteiger charge is -2.02. The number of nitriles is 1. The highest BCUT2D eigenvalue weighted by atomic mass is 16.5. The minimum Gasteiger partial charge on any atom is -0.508 e. The molecular weight excluding hydrogens is 266 g/mol. The summed E-state index contributed by atoms with van der Waals surface area (Å²) >= 11 is 0. The lowest BCUT2D eigenvalue weighted by atomic mass is 10.0. The van der Waals surface area contributed by atoms with Gasteiger partial charge >= 0.3 is 0 Å². The second kappa shape index (κ2) is 6.40. The van der Waals surface area contributed by atoms with E-state index in [9.17, 15) is 9.90 Å². The fourth-order valence-electron chi connectivity index (χ4n) is 1.78. The summed E-state index contributed by atoms with van der Waals surface area (Å²) < 4.78 is 5.03. The van der Waals surface area contributed by atoms with Crippen molar-refractivity contribution in [3.8, 4) is 17.6 Å². The Bertz CT molecular complexity index is 707. The summed E-state index contributed by atoms with van der Waals surface area (Å²) in [7, 11) is 1.54. The first-order valence-electron chi connectivity index (χ1n) is 6.23. The third-order valence-corrected chi connectivity index (χ3v) is 2.92. The quantitative estimate of drug-likeness (QED) is 0.530. The number of hydrogen-bond donors (Lipinski definition) is 1. The highest BCUT2D eigenvalue weighted by Crippen LogP contribution is 2.17. The molecule has 0 heterocycles. The molecule has 0 saturated heterocycles. The van der Waals surface area contributed by atoms with Crippen molar-refractivity contribution in [1.82, 2.24) is 0 Å². The van der Waals surface area contributed by atoms with Crippen LogP contribution in [-0.2, 0) is 0 Å². The topological polar surface area (TPSA) is 70.3 Å². The summed E-state index contributed by atoms with van der Waals surface area (Å²) in [5.41, 5.74) is 1.12. The van der Waals surface area contributed by atoms with Crippen molar-refractivity contribution in [3.63, 3.8) is 0 Å². The van der Waals surface area contributed by atoms with Gasteiger partial charge in [-0.3, -0.25) is 4.79 Å². The average Bonchev–Trinajstić information content (AvgIpc) is 2.54. The third kappa shape index (κ3) is 3.48. The highest BCUT2D eigenvalue weighted by Gasteiger charge is 2.12. The second-order valence-corrected chi connectivity index (χ2v) is 4.32. The normalized spacial score (nSPS) is 10.8. The minimum atomic E-state index is -0.353. The van der Waals surface area contributed by atoms with Crippen molar-refractivity contribution >= 4 is 11.9 Å². The van der Waals surface area contributed by atoms with Crippen LogP contribution in [0.3, 0.4) is 0 Å². The van der Waals surface area contributed by atoms with Gasteiger partial charge in [0.1, 0.15) is 23.1 Å². The van der Waals surface area contributed by atoms with Gasteiger partial charge in [0.15, 0.2) is 0 Å². The van der Waals surface area contributed by atoms with Gasteiger partial charge in [-0.1, -0.05) is 12.1 Å². The molecule has 4 nitrogen and oxygen atoms in total. The Morgan fingerprint density at radius 3 is 2.29 bits per heavy atom. The Hall–Kier alpha value is -3.06. The molecule has 0 unspecified atom stereocenters. The number of nitrogens with zero attached hydrogens (tertiary/aromatic N) is 1. The monoisotopic (exact) mass is 279 g/mol. The van der Waals surface area contributed by atoms with Crippen LogP contribution in [0.1, 0.15) is 15.9 Å². The van der Waals surface area contributed by atoms with Crippen LogP contribution < -0.4 is 4.74 Å². The summed E-state index contributed by atoms with van der Waals surface area (Å²) in [4.78, 5) is 12.3. The Labute approximate surface area is 122 Å². The number of Topliss-reactive ketones (excluding diaryl/α,β-unsaturated/α-hetero) is 1. The number of rotatable bonds is 4. The summed E-state index contributed by atoms with van der Waals surface area (Å²) in [6.45, 7) is 0. The van der Waals surface area contributed by atoms with E-state index in [1.54, 1.807) is 43.5 Å². The number of aromatic hydroxyl groups is 1. The first-order valence-corrected chi connectivity index (χ1v) is 6.23. The van der Waals surface area contributed by atoms with Gasteiger partial charge in [0, 0.05) is 5.56 Å². The number of carbonyl (C=O) groups excluding carboxylic acids is 1. The summed E-state index contributed by atoms with van der Waals surface area (Å²) in [6, 6.07) is 14.7. The maximum Gasteiger partial charge on any atom is 0.203 e. The van der Waals surface area contributed by atoms with Gasteiger partial charge in [-0.25, -0.2) is 0 Å². The number of allylic oxidation sites excluding steroid dienone is 1. The first kappa shape index (κ1) is 14.4. The Morgan fingerprint density at radius 2 is 1.76 bits per heavy atom. The highest BCUT2D eigenvalue weighted by molar-refractivity contribution is 6.14. The van der Waals surface area contributed by atoms with Crippen LogP contribution >= 0.6 is 0 Å². The predicted molar refractivity (Wildman–Crippen MR) is 79.0 cm³/mol. The lowest BCUT2D eigenvalue weighted by Crippen LogP contribution is -2.01. The number of phenolic OH excluding ortho intramolecular Hbond substituents is 1. The van der Waals surface area contributed by atoms with E-state index in [0.717, 1.165) is 0 Å². The zero-order chi connectivity index (χ0) is 15.2. The molecule has 0 amide bonds. The molecule has 1 N–H and O–H groups in total. The van der Waals surface area contributed by atoms with Crippen molar-refractivity contribution in [2.45, 2.75) is 0 Å². The predicted octanol–water partition coefficient (Wildman–Crippen LogP) is 3.19. The van der Waals surface area contributed by atoms with Crippen LogP contribution in [0, 0.1) is 11.3 Å². The van der Waals surface area contributed by atoms with Crippen molar-refractivity contribution in [2.75, 3.05) is 7.11 Å². The molecule has 0 aromatic heterocycles. The van der Waals surface area contributed by atoms with Gasteiger partial charge in [-0.2, -0.15) is 5.26 Å². The first-order chi connectivity index (χ1) is 10.1. The molecule has 0 aliphatic heterocycles. The van der Waals surface area contributed by atoms with Crippen molar-refractivity contribution < 1.29 is 14.6 Å². The molecule has 2 aromatic rings. The van der Waals surface area contributed by atoms with E-state index in [1.807, 2.05) is 6.07 Å². The number of methoxy groups -OCH3 is 1. The number of phenols is 1. The van der Waals surface area contributed by atoms with Gasteiger partial charge in [0.2, 0.25) is 5.78 Å². The number of ketones is 1. The van der Waals surface area contributed by atoms with Crippen LogP contribution in [0.4, 0.5) is 0 Å². The van der Waals surface area contributed by atoms with Gasteiger partial charge < -0.3 is 9.84 Å². The average molecular weight is 279 g/mol. The molecule has 0 spiro atoms. The zero-order valence-electron chi connectivity index (χ0n) is 11.4. The zero-order valence-corrected chi connectivity index (χ0v) is 11.4. The van der Waals surface area contributed by atoms with Crippen LogP contribution in [0.5, 0.6) is 11.5 Å². The molecule has 104 valence electrons. The van der Waals surface area contributed by atoms with Gasteiger partial charge in [0.05, 0.1) is 7.11 Å². The third-order valence-electron chi connectivity index (χ3n) is 2.92. The molecular formula is C17H13NO3. The van der Waals surface area contributed by atoms with Crippen molar-refractivity contribution in [2.24, 2.45) is 0 Å². The molecule has 21 heavy (non-hydrogen) atoms. The summed E-state index contributed by atoms with van der Waals surface area (Å²) in [5.74, 6) is 0.424. The van der Waals surface area contributed by atoms with E-state index in [0.29, 0.717) is 16.9 Å². The summed E-state index contributed by atoms with van der Waals surface area (Å²) in [5, 5.41) is 18.4. The van der Waals surface area contributed by atoms with Crippen LogP contribution in [-0.4, -0.2) is 18.0 Å². The number of benzene rings is 2. The maximum atomic E-state index is 12.3. The van der Waals surface area contributed by atoms with E-state index in [-0.39, 0.29) is 17.1 Å². The second-order valence-electron chi connectivity index (χ2n) is 4.32. The van der Waals surface area contributed by atoms with E-state index in [1.165, 1.54) is 18.2 Å². The lowest BCUT2D eigenvalue weighted by molar-refractivity contribution is 0.104. The minimum absolute atomic E-state index is 0.0332. The molecule has 0 aliphatic carbocycles. The van der Waals surface area contributed by atoms with Crippen LogP contribution in [0.25, 0.3) is 6.08 Å². The largest absolute Gasteiger partial charge is 0.508 e. The van der Waals surface area contributed by atoms with Crippen molar-refractivity contribution in [1.29, 1.82) is 5.26 Å². The Kier molecular flexibility index (Phi) is 4.37. The number of carbonyl (C=O) groups is 1. The molecule has 2 aromatic carbocycles. The molecule has 4 heteroatoms. The van der Waals surface area contributed by atoms with E-state index >= 15 is 0 Å². The van der Waals surface area contributed by atoms with E-state index in [2.05, 4.69) is 0 Å². The van der Waals surface area contributed by atoms with Crippen molar-refractivity contribution in [3.05, 3.63) is 65.2 Å². The standard InChI is InChI=1S/C17H13NO3/c1-21-16-8-4-13(5-9-16)17(20)14(11-18)10-12-2-6-15(19)7-3-12/h2-10,19H,1H3/b14-10-. The molecule has 0 fully saturated rings. The SMILES string of the molecule is COc1ccc(C(=O)/C(C#N)=C\c2ccc(O)cc2)cc1. The van der Waals surface area contributed by atoms with Gasteiger partial charge in [-0.15, -0.1) is 0 Å². The molecule has 0 radical (unpaired) electrons. The number of hydrogen-bond acceptors (Lipinski definition) is 4. The van der Waals surface area contributed by atoms with Crippen LogP contribution in [0.15, 0.2) is 54.1 Å². The molecule has 2 rings (SSSR count). The molecule has 0 atom stereocenters.